The second-order valence-electron chi connectivity index (χ2n) is 5.24. The van der Waals surface area contributed by atoms with Crippen LogP contribution < -0.4 is 10.2 Å². The van der Waals surface area contributed by atoms with E-state index in [1.165, 1.54) is 18.5 Å². The van der Waals surface area contributed by atoms with E-state index in [4.69, 9.17) is 0 Å². The van der Waals surface area contributed by atoms with E-state index in [-0.39, 0.29) is 0 Å². The number of halogens is 3. The lowest BCUT2D eigenvalue weighted by molar-refractivity contribution is -0.137. The Morgan fingerprint density at radius 3 is 2.43 bits per heavy atom. The average molecular weight is 324 g/mol. The molecule has 2 rings (SSSR count). The van der Waals surface area contributed by atoms with Gasteiger partial charge in [-0.3, -0.25) is 0 Å². The fraction of sp³-hybridized carbons (Fsp3) is 0.375. The first-order valence-electron chi connectivity index (χ1n) is 7.37. The number of benzene rings is 1. The molecule has 1 aromatic carbocycles. The van der Waals surface area contributed by atoms with Crippen molar-refractivity contribution in [2.75, 3.05) is 23.8 Å². The topological polar surface area (TPSA) is 41.0 Å². The molecule has 1 aromatic heterocycles. The number of hydrogen-bond donors (Lipinski definition) is 1. The van der Waals surface area contributed by atoms with E-state index in [0.29, 0.717) is 11.5 Å². The molecule has 0 unspecified atom stereocenters. The largest absolute Gasteiger partial charge is 0.416 e. The number of unbranched alkanes of at least 4 members (excludes halogenated alkanes) is 1. The molecule has 1 heterocycles. The molecule has 1 N–H and O–H groups in total. The van der Waals surface area contributed by atoms with Crippen LogP contribution >= 0.6 is 0 Å². The van der Waals surface area contributed by atoms with Crippen LogP contribution in [0, 0.1) is 0 Å². The Hall–Kier alpha value is -2.31. The minimum absolute atomic E-state index is 0.540. The minimum Gasteiger partial charge on any atom is -0.360 e. The van der Waals surface area contributed by atoms with E-state index in [9.17, 15) is 13.2 Å². The third kappa shape index (κ3) is 4.84. The van der Waals surface area contributed by atoms with Gasteiger partial charge in [0.1, 0.15) is 18.0 Å². The van der Waals surface area contributed by atoms with Crippen LogP contribution in [0.4, 0.5) is 30.5 Å². The van der Waals surface area contributed by atoms with Gasteiger partial charge in [-0.05, 0) is 30.7 Å². The first-order chi connectivity index (χ1) is 10.9. The average Bonchev–Trinajstić information content (AvgIpc) is 2.52. The van der Waals surface area contributed by atoms with Crippen LogP contribution in [0.15, 0.2) is 36.7 Å². The molecular weight excluding hydrogens is 305 g/mol. The quantitative estimate of drug-likeness (QED) is 0.851. The second kappa shape index (κ2) is 7.30. The van der Waals surface area contributed by atoms with Crippen LogP contribution in [0.5, 0.6) is 0 Å². The molecular formula is C16H19F3N4. The number of nitrogens with zero attached hydrogens (tertiary/aromatic N) is 3. The Bertz CT molecular complexity index is 626. The highest BCUT2D eigenvalue weighted by molar-refractivity contribution is 5.59. The monoisotopic (exact) mass is 324 g/mol. The SMILES string of the molecule is CCCCN(C)c1cc(Nc2ccc(C(F)(F)F)cc2)ncn1. The van der Waals surface area contributed by atoms with Crippen molar-refractivity contribution >= 4 is 17.3 Å². The van der Waals surface area contributed by atoms with Gasteiger partial charge >= 0.3 is 6.18 Å². The molecule has 0 bridgehead atoms. The molecule has 7 heteroatoms. The van der Waals surface area contributed by atoms with Crippen LogP contribution in [-0.4, -0.2) is 23.6 Å². The van der Waals surface area contributed by atoms with Gasteiger partial charge < -0.3 is 10.2 Å². The van der Waals surface area contributed by atoms with Crippen LogP contribution in [0.3, 0.4) is 0 Å². The van der Waals surface area contributed by atoms with E-state index in [2.05, 4.69) is 22.2 Å². The van der Waals surface area contributed by atoms with Gasteiger partial charge in [0, 0.05) is 25.3 Å². The summed E-state index contributed by atoms with van der Waals surface area (Å²) in [5.41, 5.74) is -0.135. The van der Waals surface area contributed by atoms with Crippen molar-refractivity contribution < 1.29 is 13.2 Å². The normalized spacial score (nSPS) is 11.3. The third-order valence-corrected chi connectivity index (χ3v) is 3.38. The van der Waals surface area contributed by atoms with Gasteiger partial charge in [0.2, 0.25) is 0 Å². The summed E-state index contributed by atoms with van der Waals surface area (Å²) in [4.78, 5) is 10.3. The number of anilines is 3. The molecule has 2 aromatic rings. The summed E-state index contributed by atoms with van der Waals surface area (Å²) in [6.45, 7) is 3.00. The van der Waals surface area contributed by atoms with E-state index >= 15 is 0 Å². The highest BCUT2D eigenvalue weighted by Crippen LogP contribution is 2.30. The van der Waals surface area contributed by atoms with Gasteiger partial charge in [0.25, 0.3) is 0 Å². The lowest BCUT2D eigenvalue weighted by atomic mass is 10.2. The molecule has 0 amide bonds. The molecule has 4 nitrogen and oxygen atoms in total. The summed E-state index contributed by atoms with van der Waals surface area (Å²) in [6.07, 6.45) is -0.749. The van der Waals surface area contributed by atoms with Gasteiger partial charge in [-0.2, -0.15) is 13.2 Å². The summed E-state index contributed by atoms with van der Waals surface area (Å²) in [5, 5.41) is 2.99. The minimum atomic E-state index is -4.33. The number of aromatic nitrogens is 2. The zero-order valence-corrected chi connectivity index (χ0v) is 13.1. The van der Waals surface area contributed by atoms with E-state index in [1.54, 1.807) is 6.07 Å². The van der Waals surface area contributed by atoms with Gasteiger partial charge in [-0.1, -0.05) is 13.3 Å². The fourth-order valence-electron chi connectivity index (χ4n) is 2.02. The number of nitrogens with one attached hydrogen (secondary N) is 1. The predicted molar refractivity (Wildman–Crippen MR) is 84.9 cm³/mol. The van der Waals surface area contributed by atoms with Gasteiger partial charge in [-0.25, -0.2) is 9.97 Å². The van der Waals surface area contributed by atoms with Crippen molar-refractivity contribution in [2.45, 2.75) is 25.9 Å². The zero-order chi connectivity index (χ0) is 16.9. The summed E-state index contributed by atoms with van der Waals surface area (Å²) < 4.78 is 37.6. The Balaban J connectivity index is 2.08. The summed E-state index contributed by atoms with van der Waals surface area (Å²) >= 11 is 0. The Morgan fingerprint density at radius 2 is 1.83 bits per heavy atom. The van der Waals surface area contributed by atoms with Crippen molar-refractivity contribution in [1.82, 2.24) is 9.97 Å². The molecule has 23 heavy (non-hydrogen) atoms. The molecule has 0 saturated heterocycles. The maximum absolute atomic E-state index is 12.5. The third-order valence-electron chi connectivity index (χ3n) is 3.38. The highest BCUT2D eigenvalue weighted by atomic mass is 19.4. The molecule has 0 radical (unpaired) electrons. The fourth-order valence-corrected chi connectivity index (χ4v) is 2.02. The summed E-state index contributed by atoms with van der Waals surface area (Å²) in [6, 6.07) is 6.61. The smallest absolute Gasteiger partial charge is 0.360 e. The first kappa shape index (κ1) is 17.1. The molecule has 0 aliphatic heterocycles. The Morgan fingerprint density at radius 1 is 1.13 bits per heavy atom. The predicted octanol–water partition coefficient (Wildman–Crippen LogP) is 4.48. The van der Waals surface area contributed by atoms with Crippen LogP contribution in [0.25, 0.3) is 0 Å². The molecule has 0 aliphatic rings. The van der Waals surface area contributed by atoms with E-state index < -0.39 is 11.7 Å². The lowest BCUT2D eigenvalue weighted by Gasteiger charge is -2.18. The number of alkyl halides is 3. The highest BCUT2D eigenvalue weighted by Gasteiger charge is 2.29. The maximum Gasteiger partial charge on any atom is 0.416 e. The molecule has 0 aliphatic carbocycles. The Labute approximate surface area is 133 Å². The van der Waals surface area contributed by atoms with E-state index in [1.807, 2.05) is 11.9 Å². The van der Waals surface area contributed by atoms with Gasteiger partial charge in [-0.15, -0.1) is 0 Å². The van der Waals surface area contributed by atoms with Crippen LogP contribution in [0.2, 0.25) is 0 Å². The molecule has 0 spiro atoms. The first-order valence-corrected chi connectivity index (χ1v) is 7.37. The van der Waals surface area contributed by atoms with Crippen molar-refractivity contribution in [1.29, 1.82) is 0 Å². The Kier molecular flexibility index (Phi) is 5.41. The lowest BCUT2D eigenvalue weighted by Crippen LogP contribution is -2.19. The molecule has 0 fully saturated rings. The van der Waals surface area contributed by atoms with Gasteiger partial charge in [0.05, 0.1) is 5.56 Å². The van der Waals surface area contributed by atoms with Crippen LogP contribution in [0.1, 0.15) is 25.3 Å². The van der Waals surface area contributed by atoms with Crippen molar-refractivity contribution in [3.8, 4) is 0 Å². The standard InChI is InChI=1S/C16H19F3N4/c1-3-4-9-23(2)15-10-14(20-11-21-15)22-13-7-5-12(6-8-13)16(17,18)19/h5-8,10-11H,3-4,9H2,1-2H3,(H,20,21,22). The van der Waals surface area contributed by atoms with Crippen LogP contribution in [-0.2, 0) is 6.18 Å². The molecule has 124 valence electrons. The number of hydrogen-bond acceptors (Lipinski definition) is 4. The van der Waals surface area contributed by atoms with Gasteiger partial charge in [0.15, 0.2) is 0 Å². The van der Waals surface area contributed by atoms with E-state index in [0.717, 1.165) is 37.3 Å². The summed E-state index contributed by atoms with van der Waals surface area (Å²) in [5.74, 6) is 1.31. The maximum atomic E-state index is 12.5. The zero-order valence-electron chi connectivity index (χ0n) is 13.1. The second-order valence-corrected chi connectivity index (χ2v) is 5.24. The van der Waals surface area contributed by atoms with Crippen molar-refractivity contribution in [2.24, 2.45) is 0 Å². The molecule has 0 saturated carbocycles. The van der Waals surface area contributed by atoms with Crippen molar-refractivity contribution in [3.63, 3.8) is 0 Å². The molecule has 0 atom stereocenters. The number of rotatable bonds is 6. The van der Waals surface area contributed by atoms with Crippen molar-refractivity contribution in [3.05, 3.63) is 42.2 Å². The summed E-state index contributed by atoms with van der Waals surface area (Å²) in [7, 11) is 1.94.